The molecule has 0 fully saturated rings. The molecule has 1 aromatic carbocycles. The molecule has 8 heteroatoms. The lowest BCUT2D eigenvalue weighted by Gasteiger charge is -2.04. The van der Waals surface area contributed by atoms with Crippen molar-refractivity contribution in [2.45, 2.75) is 27.7 Å². The molecule has 0 bridgehead atoms. The highest BCUT2D eigenvalue weighted by atomic mass is 16.5. The van der Waals surface area contributed by atoms with Crippen molar-refractivity contribution in [2.75, 3.05) is 0 Å². The van der Waals surface area contributed by atoms with Crippen molar-refractivity contribution in [3.63, 3.8) is 0 Å². The number of oxazole rings is 1. The second kappa shape index (κ2) is 5.66. The molecule has 0 saturated carbocycles. The summed E-state index contributed by atoms with van der Waals surface area (Å²) in [6.07, 6.45) is 1.49. The van der Waals surface area contributed by atoms with Crippen molar-refractivity contribution in [1.29, 1.82) is 0 Å². The van der Waals surface area contributed by atoms with Crippen molar-refractivity contribution in [3.8, 4) is 28.8 Å². The largest absolute Gasteiger partial charge is 0.449 e. The van der Waals surface area contributed by atoms with Crippen molar-refractivity contribution in [1.82, 2.24) is 30.1 Å². The zero-order chi connectivity index (χ0) is 17.6. The molecule has 3 heterocycles. The Morgan fingerprint density at radius 2 is 1.84 bits per heavy atom. The Bertz CT molecular complexity index is 1060. The third-order valence-corrected chi connectivity index (χ3v) is 3.83. The topological polar surface area (TPSA) is 95.7 Å². The third kappa shape index (κ3) is 2.71. The number of hydrogen-bond donors (Lipinski definition) is 0. The molecular weight excluding hydrogens is 320 g/mol. The Balaban J connectivity index is 1.72. The van der Waals surface area contributed by atoms with Gasteiger partial charge in [0.1, 0.15) is 12.0 Å². The second-order valence-corrected chi connectivity index (χ2v) is 5.89. The molecule has 8 nitrogen and oxygen atoms in total. The van der Waals surface area contributed by atoms with Gasteiger partial charge in [0.15, 0.2) is 11.6 Å². The van der Waals surface area contributed by atoms with E-state index in [0.717, 1.165) is 11.3 Å². The van der Waals surface area contributed by atoms with Crippen LogP contribution in [0.15, 0.2) is 33.4 Å². The fourth-order valence-corrected chi connectivity index (χ4v) is 2.60. The first-order chi connectivity index (χ1) is 12.0. The van der Waals surface area contributed by atoms with Crippen LogP contribution in [0, 0.1) is 27.7 Å². The van der Waals surface area contributed by atoms with E-state index in [-0.39, 0.29) is 0 Å². The van der Waals surface area contributed by atoms with E-state index < -0.39 is 0 Å². The number of aryl methyl sites for hydroxylation is 4. The minimum absolute atomic E-state index is 0.296. The smallest absolute Gasteiger partial charge is 0.280 e. The summed E-state index contributed by atoms with van der Waals surface area (Å²) < 4.78 is 10.5. The van der Waals surface area contributed by atoms with Gasteiger partial charge in [0.05, 0.1) is 11.4 Å². The van der Waals surface area contributed by atoms with Crippen molar-refractivity contribution >= 4 is 0 Å². The van der Waals surface area contributed by atoms with Crippen LogP contribution in [0.25, 0.3) is 28.8 Å². The zero-order valence-electron chi connectivity index (χ0n) is 14.3. The monoisotopic (exact) mass is 336 g/mol. The molecule has 0 radical (unpaired) electrons. The minimum Gasteiger partial charge on any atom is -0.449 e. The van der Waals surface area contributed by atoms with E-state index in [1.807, 2.05) is 26.0 Å². The zero-order valence-corrected chi connectivity index (χ0v) is 14.3. The van der Waals surface area contributed by atoms with E-state index in [0.29, 0.717) is 34.7 Å². The highest BCUT2D eigenvalue weighted by Gasteiger charge is 2.19. The van der Waals surface area contributed by atoms with Crippen molar-refractivity contribution in [3.05, 3.63) is 47.2 Å². The maximum atomic E-state index is 5.34. The summed E-state index contributed by atoms with van der Waals surface area (Å²) in [5.41, 5.74) is 4.95. The van der Waals surface area contributed by atoms with Gasteiger partial charge in [-0.3, -0.25) is 0 Å². The molecule has 126 valence electrons. The van der Waals surface area contributed by atoms with Gasteiger partial charge < -0.3 is 8.94 Å². The standard InChI is InChI=1S/C17H16N6O2/c1-9-5-6-14(10(2)7-9)23-20-11(3)15(21-23)17-19-16(22-25-17)13-8-24-12(4)18-13/h5-8H,1-4H3. The molecule has 0 unspecified atom stereocenters. The van der Waals surface area contributed by atoms with Crippen LogP contribution >= 0.6 is 0 Å². The van der Waals surface area contributed by atoms with Crippen LogP contribution in [0.1, 0.15) is 22.7 Å². The van der Waals surface area contributed by atoms with Crippen LogP contribution < -0.4 is 0 Å². The fourth-order valence-electron chi connectivity index (χ4n) is 2.60. The van der Waals surface area contributed by atoms with Gasteiger partial charge >= 0.3 is 0 Å². The Hall–Kier alpha value is -3.29. The van der Waals surface area contributed by atoms with Gasteiger partial charge in [-0.15, -0.1) is 5.10 Å². The molecule has 0 spiro atoms. The van der Waals surface area contributed by atoms with Crippen LogP contribution in [0.3, 0.4) is 0 Å². The number of nitrogens with zero attached hydrogens (tertiary/aromatic N) is 6. The van der Waals surface area contributed by atoms with Crippen LogP contribution in [-0.2, 0) is 0 Å². The predicted octanol–water partition coefficient (Wildman–Crippen LogP) is 3.21. The number of benzene rings is 1. The van der Waals surface area contributed by atoms with Crippen LogP contribution in [-0.4, -0.2) is 30.1 Å². The molecule has 0 aliphatic rings. The molecular formula is C17H16N6O2. The average Bonchev–Trinajstić information content (AvgIpc) is 3.26. The lowest BCUT2D eigenvalue weighted by atomic mass is 10.1. The first-order valence-corrected chi connectivity index (χ1v) is 7.79. The highest BCUT2D eigenvalue weighted by molar-refractivity contribution is 5.55. The van der Waals surface area contributed by atoms with Crippen LogP contribution in [0.2, 0.25) is 0 Å². The lowest BCUT2D eigenvalue weighted by molar-refractivity contribution is 0.430. The van der Waals surface area contributed by atoms with Gasteiger partial charge in [0.2, 0.25) is 5.82 Å². The van der Waals surface area contributed by atoms with Gasteiger partial charge in [0.25, 0.3) is 5.89 Å². The van der Waals surface area contributed by atoms with Crippen LogP contribution in [0.4, 0.5) is 0 Å². The summed E-state index contributed by atoms with van der Waals surface area (Å²) in [6.45, 7) is 7.69. The van der Waals surface area contributed by atoms with E-state index in [9.17, 15) is 0 Å². The normalized spacial score (nSPS) is 11.2. The maximum Gasteiger partial charge on any atom is 0.280 e. The molecule has 4 aromatic rings. The minimum atomic E-state index is 0.296. The van der Waals surface area contributed by atoms with E-state index >= 15 is 0 Å². The average molecular weight is 336 g/mol. The van der Waals surface area contributed by atoms with Gasteiger partial charge in [-0.2, -0.15) is 14.9 Å². The molecule has 0 N–H and O–H groups in total. The Morgan fingerprint density at radius 1 is 1.00 bits per heavy atom. The SMILES string of the molecule is Cc1ccc(-n2nc(C)c(-c3nc(-c4coc(C)n4)no3)n2)c(C)c1. The summed E-state index contributed by atoms with van der Waals surface area (Å²) in [5, 5.41) is 12.9. The highest BCUT2D eigenvalue weighted by Crippen LogP contribution is 2.23. The van der Waals surface area contributed by atoms with E-state index in [4.69, 9.17) is 8.94 Å². The predicted molar refractivity (Wildman–Crippen MR) is 89.1 cm³/mol. The maximum absolute atomic E-state index is 5.34. The molecule has 0 aliphatic carbocycles. The molecule has 0 saturated heterocycles. The van der Waals surface area contributed by atoms with Crippen LogP contribution in [0.5, 0.6) is 0 Å². The molecule has 25 heavy (non-hydrogen) atoms. The quantitative estimate of drug-likeness (QED) is 0.567. The Labute approximate surface area is 143 Å². The third-order valence-electron chi connectivity index (χ3n) is 3.83. The summed E-state index contributed by atoms with van der Waals surface area (Å²) in [4.78, 5) is 10.1. The van der Waals surface area contributed by atoms with E-state index in [1.54, 1.807) is 11.7 Å². The number of hydrogen-bond acceptors (Lipinski definition) is 7. The van der Waals surface area contributed by atoms with Gasteiger partial charge in [-0.25, -0.2) is 4.98 Å². The molecule has 0 atom stereocenters. The van der Waals surface area contributed by atoms with E-state index in [1.165, 1.54) is 11.8 Å². The number of aromatic nitrogens is 6. The van der Waals surface area contributed by atoms with Gasteiger partial charge in [-0.1, -0.05) is 22.9 Å². The molecule has 0 amide bonds. The Kier molecular flexibility index (Phi) is 3.45. The summed E-state index contributed by atoms with van der Waals surface area (Å²) in [7, 11) is 0. The Morgan fingerprint density at radius 3 is 2.56 bits per heavy atom. The first kappa shape index (κ1) is 15.3. The first-order valence-electron chi connectivity index (χ1n) is 7.79. The molecule has 3 aromatic heterocycles. The molecule has 4 rings (SSSR count). The van der Waals surface area contributed by atoms with Gasteiger partial charge in [-0.05, 0) is 32.4 Å². The summed E-state index contributed by atoms with van der Waals surface area (Å²) in [5.74, 6) is 1.19. The summed E-state index contributed by atoms with van der Waals surface area (Å²) >= 11 is 0. The molecule has 0 aliphatic heterocycles. The van der Waals surface area contributed by atoms with Crippen molar-refractivity contribution in [2.24, 2.45) is 0 Å². The van der Waals surface area contributed by atoms with E-state index in [2.05, 4.69) is 38.3 Å². The fraction of sp³-hybridized carbons (Fsp3) is 0.235. The van der Waals surface area contributed by atoms with Crippen molar-refractivity contribution < 1.29 is 8.94 Å². The number of rotatable bonds is 3. The van der Waals surface area contributed by atoms with Gasteiger partial charge in [0, 0.05) is 6.92 Å². The second-order valence-electron chi connectivity index (χ2n) is 5.89. The summed E-state index contributed by atoms with van der Waals surface area (Å²) in [6, 6.07) is 6.11. The lowest BCUT2D eigenvalue weighted by Crippen LogP contribution is -2.01.